The Balaban J connectivity index is 1.48. The first-order chi connectivity index (χ1) is 23.1. The Morgan fingerprint density at radius 3 is 2.13 bits per heavy atom. The van der Waals surface area contributed by atoms with Crippen molar-refractivity contribution < 1.29 is 9.63 Å². The van der Waals surface area contributed by atoms with Gasteiger partial charge in [-0.2, -0.15) is 0 Å². The number of para-hydroxylation sites is 1. The molecule has 1 fully saturated rings. The summed E-state index contributed by atoms with van der Waals surface area (Å²) in [6, 6.07) is 42.1. The quantitative estimate of drug-likeness (QED) is 0.0882. The highest BCUT2D eigenvalue weighted by molar-refractivity contribution is 6.16. The summed E-state index contributed by atoms with van der Waals surface area (Å²) in [5.74, 6) is 0.296. The Hall–Kier alpha value is -4.90. The van der Waals surface area contributed by atoms with Gasteiger partial charge in [-0.25, -0.2) is 4.79 Å². The Morgan fingerprint density at radius 1 is 0.723 bits per heavy atom. The van der Waals surface area contributed by atoms with Crippen LogP contribution in [0.2, 0.25) is 0 Å². The van der Waals surface area contributed by atoms with E-state index in [0.717, 1.165) is 52.8 Å². The molecule has 0 heterocycles. The number of nitrogens with zero attached hydrogens (tertiary/aromatic N) is 3. The van der Waals surface area contributed by atoms with Crippen LogP contribution >= 0.6 is 0 Å². The zero-order chi connectivity index (χ0) is 32.4. The lowest BCUT2D eigenvalue weighted by molar-refractivity contribution is -0.140. The van der Waals surface area contributed by atoms with Gasteiger partial charge in [0.25, 0.3) is 0 Å². The molecule has 0 unspecified atom stereocenters. The van der Waals surface area contributed by atoms with Crippen molar-refractivity contribution in [3.8, 4) is 0 Å². The number of anilines is 4. The lowest BCUT2D eigenvalue weighted by Crippen LogP contribution is -2.24. The summed E-state index contributed by atoms with van der Waals surface area (Å²) in [7, 11) is 2.19. The predicted octanol–water partition coefficient (Wildman–Crippen LogP) is 10.8. The van der Waals surface area contributed by atoms with E-state index in [2.05, 4.69) is 113 Å². The molecule has 0 radical (unpaired) electrons. The molecule has 0 N–H and O–H groups in total. The smallest absolute Gasteiger partial charge is 0.332 e. The van der Waals surface area contributed by atoms with Crippen LogP contribution in [-0.2, 0) is 9.63 Å². The molecule has 0 spiro atoms. The van der Waals surface area contributed by atoms with Gasteiger partial charge in [-0.1, -0.05) is 135 Å². The molecule has 5 aromatic carbocycles. The monoisotopic (exact) mass is 623 g/mol. The highest BCUT2D eigenvalue weighted by Gasteiger charge is 2.22. The van der Waals surface area contributed by atoms with Crippen LogP contribution in [-0.4, -0.2) is 25.3 Å². The molecule has 5 heteroatoms. The number of oxime groups is 1. The molecule has 5 nitrogen and oxygen atoms in total. The molecule has 0 atom stereocenters. The van der Waals surface area contributed by atoms with Crippen molar-refractivity contribution in [2.45, 2.75) is 58.3 Å². The van der Waals surface area contributed by atoms with E-state index in [1.165, 1.54) is 62.6 Å². The number of benzene rings is 5. The molecule has 1 aliphatic rings. The average Bonchev–Trinajstić information content (AvgIpc) is 3.09. The summed E-state index contributed by atoms with van der Waals surface area (Å²) in [5.41, 5.74) is 6.74. The zero-order valence-electron chi connectivity index (χ0n) is 27.6. The highest BCUT2D eigenvalue weighted by Crippen LogP contribution is 2.41. The molecular formula is C42H45N3O2. The maximum Gasteiger partial charge on any atom is 0.332 e. The normalized spacial score (nSPS) is 14.3. The third kappa shape index (κ3) is 7.91. The lowest BCUT2D eigenvalue weighted by Gasteiger charge is -2.30. The summed E-state index contributed by atoms with van der Waals surface area (Å²) in [6.07, 6.45) is 10.5. The summed E-state index contributed by atoms with van der Waals surface area (Å²) in [6.45, 7) is 2.31. The van der Waals surface area contributed by atoms with Crippen molar-refractivity contribution >= 4 is 45.2 Å². The number of fused-ring (bicyclic) bond motifs is 1. The van der Waals surface area contributed by atoms with Crippen LogP contribution in [0.4, 0.5) is 22.7 Å². The van der Waals surface area contributed by atoms with Gasteiger partial charge >= 0.3 is 5.97 Å². The molecule has 240 valence electrons. The van der Waals surface area contributed by atoms with E-state index >= 15 is 0 Å². The molecule has 0 aromatic heterocycles. The number of hydrogen-bond acceptors (Lipinski definition) is 5. The van der Waals surface area contributed by atoms with Gasteiger partial charge in [0, 0.05) is 54.1 Å². The highest BCUT2D eigenvalue weighted by atomic mass is 16.7. The number of carbonyl (C=O) groups is 1. The molecule has 47 heavy (non-hydrogen) atoms. The van der Waals surface area contributed by atoms with E-state index in [-0.39, 0.29) is 0 Å². The molecule has 0 bridgehead atoms. The van der Waals surface area contributed by atoms with Crippen LogP contribution in [0.1, 0.15) is 69.4 Å². The molecule has 0 aliphatic heterocycles. The Morgan fingerprint density at radius 2 is 1.38 bits per heavy atom. The van der Waals surface area contributed by atoms with Crippen molar-refractivity contribution in [3.63, 3.8) is 0 Å². The third-order valence-corrected chi connectivity index (χ3v) is 9.34. The van der Waals surface area contributed by atoms with E-state index in [9.17, 15) is 4.79 Å². The van der Waals surface area contributed by atoms with Gasteiger partial charge in [-0.15, -0.1) is 0 Å². The summed E-state index contributed by atoms with van der Waals surface area (Å²) in [4.78, 5) is 22.0. The van der Waals surface area contributed by atoms with Crippen molar-refractivity contribution in [2.24, 2.45) is 11.1 Å². The SMILES string of the molecule is CC(=O)O/N=C(/c1ccccc1)c1ccc(N(c2ccccc2)c2cccc3ccccc23)cc1N(C)CCC1CCCCCCC1. The average molecular weight is 624 g/mol. The minimum Gasteiger partial charge on any atom is -0.374 e. The van der Waals surface area contributed by atoms with Crippen molar-refractivity contribution in [1.29, 1.82) is 0 Å². The van der Waals surface area contributed by atoms with E-state index < -0.39 is 5.97 Å². The van der Waals surface area contributed by atoms with E-state index in [1.807, 2.05) is 30.3 Å². The van der Waals surface area contributed by atoms with Gasteiger partial charge in [0.05, 0.1) is 5.69 Å². The third-order valence-electron chi connectivity index (χ3n) is 9.34. The standard InChI is InChI=1S/C42H45N3O2/c1-32(46)47-43-42(35-20-10-6-11-21-35)39-28-27-37(31-41(39)44(2)30-29-33-17-8-4-3-5-9-18-33)45(36-23-12-7-13-24-36)40-26-16-22-34-19-14-15-25-38(34)40/h6-7,10-16,19-28,31,33H,3-5,8-9,17-18,29-30H2,1-2H3/b43-42-. The van der Waals surface area contributed by atoms with Crippen LogP contribution in [0.15, 0.2) is 126 Å². The minimum absolute atomic E-state index is 0.444. The van der Waals surface area contributed by atoms with Crippen LogP contribution in [0.25, 0.3) is 10.8 Å². The van der Waals surface area contributed by atoms with E-state index in [4.69, 9.17) is 4.84 Å². The molecule has 0 amide bonds. The molecule has 5 aromatic rings. The van der Waals surface area contributed by atoms with Gasteiger partial charge in [-0.05, 0) is 54.1 Å². The largest absolute Gasteiger partial charge is 0.374 e. The number of hydrogen-bond donors (Lipinski definition) is 0. The summed E-state index contributed by atoms with van der Waals surface area (Å²) >= 11 is 0. The molecular weight excluding hydrogens is 578 g/mol. The Labute approximate surface area is 279 Å². The Kier molecular flexibility index (Phi) is 10.6. The van der Waals surface area contributed by atoms with Crippen LogP contribution in [0.5, 0.6) is 0 Å². The second-order valence-corrected chi connectivity index (χ2v) is 12.7. The fourth-order valence-electron chi connectivity index (χ4n) is 6.87. The maximum absolute atomic E-state index is 12.0. The first kappa shape index (κ1) is 32.1. The van der Waals surface area contributed by atoms with Crippen molar-refractivity contribution in [3.05, 3.63) is 132 Å². The second kappa shape index (κ2) is 15.6. The topological polar surface area (TPSA) is 45.1 Å². The van der Waals surface area contributed by atoms with E-state index in [0.29, 0.717) is 5.71 Å². The molecule has 1 aliphatic carbocycles. The first-order valence-corrected chi connectivity index (χ1v) is 17.1. The first-order valence-electron chi connectivity index (χ1n) is 17.1. The van der Waals surface area contributed by atoms with E-state index in [1.54, 1.807) is 0 Å². The minimum atomic E-state index is -0.444. The van der Waals surface area contributed by atoms with Gasteiger partial charge in [0.15, 0.2) is 0 Å². The van der Waals surface area contributed by atoms with Crippen molar-refractivity contribution in [1.82, 2.24) is 0 Å². The van der Waals surface area contributed by atoms with Crippen LogP contribution < -0.4 is 9.80 Å². The fourth-order valence-corrected chi connectivity index (χ4v) is 6.87. The summed E-state index contributed by atoms with van der Waals surface area (Å²) in [5, 5.41) is 6.82. The predicted molar refractivity (Wildman–Crippen MR) is 196 cm³/mol. The van der Waals surface area contributed by atoms with Gasteiger partial charge in [-0.3, -0.25) is 0 Å². The number of carbonyl (C=O) groups excluding carboxylic acids is 1. The zero-order valence-corrected chi connectivity index (χ0v) is 27.6. The Bertz CT molecular complexity index is 1790. The number of rotatable bonds is 10. The second-order valence-electron chi connectivity index (χ2n) is 12.7. The molecule has 1 saturated carbocycles. The van der Waals surface area contributed by atoms with Gasteiger partial charge in [0.2, 0.25) is 0 Å². The molecule has 6 rings (SSSR count). The van der Waals surface area contributed by atoms with Gasteiger partial charge in [0.1, 0.15) is 5.71 Å². The van der Waals surface area contributed by atoms with Crippen molar-refractivity contribution in [2.75, 3.05) is 23.4 Å². The fraction of sp³-hybridized carbons (Fsp3) is 0.286. The maximum atomic E-state index is 12.0. The lowest BCUT2D eigenvalue weighted by atomic mass is 9.89. The van der Waals surface area contributed by atoms with Crippen LogP contribution in [0, 0.1) is 5.92 Å². The molecule has 0 saturated heterocycles. The van der Waals surface area contributed by atoms with Crippen LogP contribution in [0.3, 0.4) is 0 Å². The van der Waals surface area contributed by atoms with Gasteiger partial charge < -0.3 is 14.6 Å². The summed E-state index contributed by atoms with van der Waals surface area (Å²) < 4.78 is 0.